The average Bonchev–Trinajstić information content (AvgIpc) is 3.21. The molecule has 0 N–H and O–H groups in total. The minimum Gasteiger partial charge on any atom is -0.494 e. The highest BCUT2D eigenvalue weighted by Gasteiger charge is 2.26. The number of cyclic esters (lactones) is 1. The van der Waals surface area contributed by atoms with E-state index in [1.807, 2.05) is 0 Å². The van der Waals surface area contributed by atoms with Crippen LogP contribution < -0.4 is 14.2 Å². The maximum Gasteiger partial charge on any atom is 0.363 e. The lowest BCUT2D eigenvalue weighted by Crippen LogP contribution is -2.05. The van der Waals surface area contributed by atoms with E-state index in [0.29, 0.717) is 22.6 Å². The molecule has 2 heterocycles. The van der Waals surface area contributed by atoms with E-state index in [9.17, 15) is 9.18 Å². The van der Waals surface area contributed by atoms with Gasteiger partial charge in [-0.3, -0.25) is 0 Å². The first kappa shape index (κ1) is 15.2. The van der Waals surface area contributed by atoms with Gasteiger partial charge in [-0.25, -0.2) is 14.2 Å². The van der Waals surface area contributed by atoms with E-state index in [1.165, 1.54) is 25.3 Å². The summed E-state index contributed by atoms with van der Waals surface area (Å²) in [4.78, 5) is 16.2. The monoisotopic (exact) mass is 341 g/mol. The molecule has 0 atom stereocenters. The number of hydrogen-bond donors (Lipinski definition) is 0. The number of carbonyl (C=O) groups is 1. The zero-order valence-electron chi connectivity index (χ0n) is 13.1. The summed E-state index contributed by atoms with van der Waals surface area (Å²) in [6.07, 6.45) is 1.45. The van der Waals surface area contributed by atoms with E-state index in [2.05, 4.69) is 4.99 Å². The van der Waals surface area contributed by atoms with E-state index in [4.69, 9.17) is 18.9 Å². The summed E-state index contributed by atoms with van der Waals surface area (Å²) in [5, 5.41) is 0. The number of carbonyl (C=O) groups excluding carboxylic acids is 1. The largest absolute Gasteiger partial charge is 0.494 e. The Labute approximate surface area is 142 Å². The van der Waals surface area contributed by atoms with Crippen molar-refractivity contribution in [3.05, 3.63) is 59.0 Å². The number of aliphatic imine (C=N–C) groups is 1. The van der Waals surface area contributed by atoms with Crippen molar-refractivity contribution in [3.63, 3.8) is 0 Å². The predicted octanol–water partition coefficient (Wildman–Crippen LogP) is 2.91. The number of rotatable bonds is 3. The first-order valence-corrected chi connectivity index (χ1v) is 7.40. The van der Waals surface area contributed by atoms with Gasteiger partial charge in [-0.15, -0.1) is 0 Å². The third kappa shape index (κ3) is 2.80. The van der Waals surface area contributed by atoms with Crippen molar-refractivity contribution in [2.75, 3.05) is 13.9 Å². The van der Waals surface area contributed by atoms with Crippen LogP contribution in [0, 0.1) is 5.82 Å². The summed E-state index contributed by atoms with van der Waals surface area (Å²) in [7, 11) is 1.38. The Bertz CT molecular complexity index is 935. The van der Waals surface area contributed by atoms with Gasteiger partial charge in [0.05, 0.1) is 7.11 Å². The van der Waals surface area contributed by atoms with Crippen molar-refractivity contribution in [2.45, 2.75) is 0 Å². The molecule has 2 aliphatic rings. The Morgan fingerprint density at radius 3 is 2.80 bits per heavy atom. The number of methoxy groups -OCH3 is 1. The van der Waals surface area contributed by atoms with Crippen molar-refractivity contribution in [1.29, 1.82) is 0 Å². The maximum atomic E-state index is 13.8. The number of halogens is 1. The van der Waals surface area contributed by atoms with Gasteiger partial charge in [-0.2, -0.15) is 0 Å². The van der Waals surface area contributed by atoms with Crippen LogP contribution in [0.2, 0.25) is 0 Å². The highest BCUT2D eigenvalue weighted by Crippen LogP contribution is 2.33. The van der Waals surface area contributed by atoms with Gasteiger partial charge in [-0.05, 0) is 42.0 Å². The van der Waals surface area contributed by atoms with Crippen LogP contribution in [-0.2, 0) is 9.53 Å². The smallest absolute Gasteiger partial charge is 0.363 e. The van der Waals surface area contributed by atoms with Gasteiger partial charge in [0.2, 0.25) is 12.7 Å². The number of hydrogen-bond acceptors (Lipinski definition) is 6. The molecule has 0 radical (unpaired) electrons. The van der Waals surface area contributed by atoms with Crippen molar-refractivity contribution in [2.24, 2.45) is 4.99 Å². The third-order valence-electron chi connectivity index (χ3n) is 3.72. The summed E-state index contributed by atoms with van der Waals surface area (Å²) in [6, 6.07) is 9.47. The van der Waals surface area contributed by atoms with Gasteiger partial charge < -0.3 is 18.9 Å². The second kappa shape index (κ2) is 5.94. The van der Waals surface area contributed by atoms with Gasteiger partial charge >= 0.3 is 5.97 Å². The minimum atomic E-state index is -0.608. The van der Waals surface area contributed by atoms with Crippen molar-refractivity contribution in [3.8, 4) is 17.2 Å². The molecule has 2 aromatic carbocycles. The molecule has 126 valence electrons. The Balaban J connectivity index is 1.65. The van der Waals surface area contributed by atoms with Crippen LogP contribution in [0.1, 0.15) is 11.1 Å². The van der Waals surface area contributed by atoms with Gasteiger partial charge in [-0.1, -0.05) is 6.07 Å². The molecule has 0 spiro atoms. The molecule has 6 nitrogen and oxygen atoms in total. The van der Waals surface area contributed by atoms with Gasteiger partial charge in [0.1, 0.15) is 0 Å². The second-order valence-corrected chi connectivity index (χ2v) is 5.30. The minimum absolute atomic E-state index is 0.0808. The summed E-state index contributed by atoms with van der Waals surface area (Å²) in [6.45, 7) is 0.152. The number of esters is 1. The van der Waals surface area contributed by atoms with E-state index < -0.39 is 11.8 Å². The lowest BCUT2D eigenvalue weighted by molar-refractivity contribution is -0.129. The van der Waals surface area contributed by atoms with Crippen LogP contribution in [0.5, 0.6) is 17.2 Å². The van der Waals surface area contributed by atoms with E-state index in [0.717, 1.165) is 0 Å². The molecule has 2 aromatic rings. The number of ether oxygens (including phenoxy) is 4. The average molecular weight is 341 g/mol. The van der Waals surface area contributed by atoms with Gasteiger partial charge in [0.15, 0.2) is 28.8 Å². The fraction of sp³-hybridized carbons (Fsp3) is 0.111. The molecule has 25 heavy (non-hydrogen) atoms. The van der Waals surface area contributed by atoms with Crippen LogP contribution in [0.25, 0.3) is 6.08 Å². The molecule has 2 aliphatic heterocycles. The quantitative estimate of drug-likeness (QED) is 0.634. The molecule has 0 fully saturated rings. The summed E-state index contributed by atoms with van der Waals surface area (Å²) in [5.74, 6) is 0.334. The molecule has 0 saturated heterocycles. The highest BCUT2D eigenvalue weighted by atomic mass is 19.1. The maximum absolute atomic E-state index is 13.8. The van der Waals surface area contributed by atoms with Crippen LogP contribution in [0.15, 0.2) is 47.1 Å². The summed E-state index contributed by atoms with van der Waals surface area (Å²) in [5.41, 5.74) is 1.14. The lowest BCUT2D eigenvalue weighted by atomic mass is 10.2. The first-order valence-electron chi connectivity index (χ1n) is 7.40. The van der Waals surface area contributed by atoms with Crippen LogP contribution >= 0.6 is 0 Å². The zero-order valence-corrected chi connectivity index (χ0v) is 13.1. The van der Waals surface area contributed by atoms with Crippen LogP contribution in [0.4, 0.5) is 4.39 Å². The Hall–Kier alpha value is -3.35. The molecule has 0 aliphatic carbocycles. The Kier molecular flexibility index (Phi) is 3.61. The molecule has 0 bridgehead atoms. The zero-order chi connectivity index (χ0) is 17.4. The molecule has 7 heteroatoms. The fourth-order valence-corrected chi connectivity index (χ4v) is 2.49. The molecule has 0 saturated carbocycles. The van der Waals surface area contributed by atoms with E-state index in [-0.39, 0.29) is 24.1 Å². The normalized spacial score (nSPS) is 16.8. The van der Waals surface area contributed by atoms with E-state index in [1.54, 1.807) is 24.3 Å². The SMILES string of the molecule is COc1ccc(/C=C2\N=C(c3ccc4c(c3)OCO4)OC2=O)cc1F. The Morgan fingerprint density at radius 2 is 2.00 bits per heavy atom. The van der Waals surface area contributed by atoms with E-state index >= 15 is 0 Å². The van der Waals surface area contributed by atoms with Crippen molar-refractivity contribution < 1.29 is 28.1 Å². The van der Waals surface area contributed by atoms with Crippen LogP contribution in [0.3, 0.4) is 0 Å². The molecule has 0 amide bonds. The molecule has 0 aromatic heterocycles. The van der Waals surface area contributed by atoms with Crippen molar-refractivity contribution in [1.82, 2.24) is 0 Å². The Morgan fingerprint density at radius 1 is 1.16 bits per heavy atom. The van der Waals surface area contributed by atoms with Crippen LogP contribution in [-0.4, -0.2) is 25.8 Å². The van der Waals surface area contributed by atoms with Gasteiger partial charge in [0, 0.05) is 5.56 Å². The number of fused-ring (bicyclic) bond motifs is 1. The predicted molar refractivity (Wildman–Crippen MR) is 86.1 cm³/mol. The fourth-order valence-electron chi connectivity index (χ4n) is 2.49. The number of nitrogens with zero attached hydrogens (tertiary/aromatic N) is 1. The molecule has 0 unspecified atom stereocenters. The topological polar surface area (TPSA) is 66.3 Å². The third-order valence-corrected chi connectivity index (χ3v) is 3.72. The van der Waals surface area contributed by atoms with Gasteiger partial charge in [0.25, 0.3) is 0 Å². The standard InChI is InChI=1S/C18H12FNO5/c1-22-14-4-2-10(6-12(14)19)7-13-18(21)25-17(20-13)11-3-5-15-16(8-11)24-9-23-15/h2-8H,9H2,1H3/b13-7-. The number of benzene rings is 2. The molecule has 4 rings (SSSR count). The molecular formula is C18H12FNO5. The molecular weight excluding hydrogens is 329 g/mol. The van der Waals surface area contributed by atoms with Crippen molar-refractivity contribution >= 4 is 17.9 Å². The lowest BCUT2D eigenvalue weighted by Gasteiger charge is -2.01. The summed E-state index contributed by atoms with van der Waals surface area (Å²) >= 11 is 0. The first-order chi connectivity index (χ1) is 12.1. The highest BCUT2D eigenvalue weighted by molar-refractivity contribution is 6.13. The second-order valence-electron chi connectivity index (χ2n) is 5.30. The summed E-state index contributed by atoms with van der Waals surface area (Å²) < 4.78 is 34.4.